The Morgan fingerprint density at radius 3 is 2.82 bits per heavy atom. The lowest BCUT2D eigenvalue weighted by atomic mass is 10.0. The highest BCUT2D eigenvalue weighted by Gasteiger charge is 2.51. The number of nitrogens with zero attached hydrogens (tertiary/aromatic N) is 1. The molecule has 3 rings (SSSR count). The second kappa shape index (κ2) is 7.57. The fraction of sp³-hybridized carbons (Fsp3) is 0.211. The minimum absolute atomic E-state index is 0.0915. The topological polar surface area (TPSA) is 120 Å². The van der Waals surface area contributed by atoms with Crippen molar-refractivity contribution < 1.29 is 19.1 Å². The minimum atomic E-state index is -2.23. The Morgan fingerprint density at radius 2 is 2.14 bits per heavy atom. The Balaban J connectivity index is 1.74. The van der Waals surface area contributed by atoms with E-state index in [1.165, 1.54) is 17.0 Å². The summed E-state index contributed by atoms with van der Waals surface area (Å²) in [4.78, 5) is 26.5. The van der Waals surface area contributed by atoms with Crippen molar-refractivity contribution in [2.45, 2.75) is 18.6 Å². The van der Waals surface area contributed by atoms with Gasteiger partial charge in [-0.15, -0.1) is 0 Å². The van der Waals surface area contributed by atoms with Gasteiger partial charge in [0.1, 0.15) is 5.82 Å². The Kier molecular flexibility index (Phi) is 5.35. The highest BCUT2D eigenvalue weighted by atomic mass is 35.5. The minimum Gasteiger partial charge on any atom is -0.398 e. The first-order valence-electron chi connectivity index (χ1n) is 8.42. The van der Waals surface area contributed by atoms with Gasteiger partial charge >= 0.3 is 0 Å². The van der Waals surface area contributed by atoms with Gasteiger partial charge in [-0.25, -0.2) is 4.39 Å². The standard InChI is InChI=1S/C19H18ClFN4O3/c20-13-5-11(6-14(21)8-13)10-24-17(26)19(28)3-4-25(18(19)27)15-1-2-16(23)12(7-15)9-22/h1-2,5-9,22,28H,3-4,10,23H2,(H,24,26). The highest BCUT2D eigenvalue weighted by molar-refractivity contribution is 6.30. The molecule has 0 saturated carbocycles. The van der Waals surface area contributed by atoms with Crippen molar-refractivity contribution in [2.24, 2.45) is 0 Å². The second-order valence-electron chi connectivity index (χ2n) is 6.48. The molecule has 1 fully saturated rings. The maximum atomic E-state index is 13.4. The van der Waals surface area contributed by atoms with E-state index < -0.39 is 23.2 Å². The van der Waals surface area contributed by atoms with Crippen LogP contribution in [0.1, 0.15) is 17.5 Å². The molecule has 0 spiro atoms. The smallest absolute Gasteiger partial charge is 0.268 e. The summed E-state index contributed by atoms with van der Waals surface area (Å²) in [7, 11) is 0. The van der Waals surface area contributed by atoms with Gasteiger partial charge < -0.3 is 26.5 Å². The van der Waals surface area contributed by atoms with Crippen molar-refractivity contribution in [2.75, 3.05) is 17.2 Å². The van der Waals surface area contributed by atoms with E-state index in [0.29, 0.717) is 22.5 Å². The Hall–Kier alpha value is -2.97. The number of nitrogens with two attached hydrogens (primary N) is 1. The predicted octanol–water partition coefficient (Wildman–Crippen LogP) is 1.84. The number of carbonyl (C=O) groups is 2. The molecule has 0 radical (unpaired) electrons. The second-order valence-corrected chi connectivity index (χ2v) is 6.92. The lowest BCUT2D eigenvalue weighted by Gasteiger charge is -2.22. The van der Waals surface area contributed by atoms with Gasteiger partial charge in [0.15, 0.2) is 0 Å². The van der Waals surface area contributed by atoms with Crippen LogP contribution in [-0.2, 0) is 16.1 Å². The van der Waals surface area contributed by atoms with Crippen molar-refractivity contribution >= 4 is 41.0 Å². The first-order chi connectivity index (χ1) is 13.2. The van der Waals surface area contributed by atoms with Crippen LogP contribution in [0.2, 0.25) is 5.02 Å². The molecule has 1 saturated heterocycles. The molecule has 1 atom stereocenters. The summed E-state index contributed by atoms with van der Waals surface area (Å²) in [5.41, 5.74) is 5.15. The number of anilines is 2. The van der Waals surface area contributed by atoms with Crippen molar-refractivity contribution in [1.29, 1.82) is 5.41 Å². The molecule has 0 bridgehead atoms. The number of hydrogen-bond acceptors (Lipinski definition) is 5. The van der Waals surface area contributed by atoms with E-state index in [1.807, 2.05) is 0 Å². The van der Waals surface area contributed by atoms with E-state index >= 15 is 0 Å². The average molecular weight is 405 g/mol. The molecule has 1 aliphatic heterocycles. The Morgan fingerprint density at radius 1 is 1.39 bits per heavy atom. The monoisotopic (exact) mass is 404 g/mol. The largest absolute Gasteiger partial charge is 0.398 e. The zero-order chi connectivity index (χ0) is 20.5. The molecule has 1 heterocycles. The van der Waals surface area contributed by atoms with Crippen molar-refractivity contribution in [3.05, 3.63) is 58.4 Å². The van der Waals surface area contributed by atoms with Crippen molar-refractivity contribution in [3.8, 4) is 0 Å². The summed E-state index contributed by atoms with van der Waals surface area (Å²) in [6, 6.07) is 8.48. The number of nitrogens with one attached hydrogen (secondary N) is 2. The SMILES string of the molecule is N=Cc1cc(N2CCC(O)(C(=O)NCc3cc(F)cc(Cl)c3)C2=O)ccc1N. The molecule has 2 aromatic rings. The van der Waals surface area contributed by atoms with Gasteiger partial charge in [-0.05, 0) is 42.0 Å². The normalized spacial score (nSPS) is 19.0. The number of nitrogen functional groups attached to an aromatic ring is 1. The summed E-state index contributed by atoms with van der Waals surface area (Å²) < 4.78 is 13.4. The third-order valence-corrected chi connectivity index (χ3v) is 4.80. The molecule has 1 unspecified atom stereocenters. The lowest BCUT2D eigenvalue weighted by molar-refractivity contribution is -0.149. The van der Waals surface area contributed by atoms with Gasteiger partial charge in [0, 0.05) is 47.7 Å². The lowest BCUT2D eigenvalue weighted by Crippen LogP contribution is -2.52. The van der Waals surface area contributed by atoms with Crippen LogP contribution in [0.4, 0.5) is 15.8 Å². The van der Waals surface area contributed by atoms with Gasteiger partial charge in [-0.1, -0.05) is 11.6 Å². The number of halogens is 2. The molecule has 0 aromatic heterocycles. The first kappa shape index (κ1) is 19.8. The molecule has 146 valence electrons. The van der Waals surface area contributed by atoms with Crippen LogP contribution in [-0.4, -0.2) is 35.3 Å². The van der Waals surface area contributed by atoms with Crippen molar-refractivity contribution in [3.63, 3.8) is 0 Å². The fourth-order valence-electron chi connectivity index (χ4n) is 3.06. The van der Waals surface area contributed by atoms with E-state index in [9.17, 15) is 19.1 Å². The van der Waals surface area contributed by atoms with Gasteiger partial charge in [-0.2, -0.15) is 0 Å². The molecule has 28 heavy (non-hydrogen) atoms. The number of amides is 2. The van der Waals surface area contributed by atoms with Crippen LogP contribution in [0.15, 0.2) is 36.4 Å². The summed E-state index contributed by atoms with van der Waals surface area (Å²) in [6.45, 7) is 0.0294. The van der Waals surface area contributed by atoms with E-state index in [0.717, 1.165) is 12.3 Å². The molecule has 9 heteroatoms. The Bertz CT molecular complexity index is 948. The maximum absolute atomic E-state index is 13.4. The van der Waals surface area contributed by atoms with Gasteiger partial charge in [0.2, 0.25) is 5.60 Å². The van der Waals surface area contributed by atoms with Crippen LogP contribution in [0.3, 0.4) is 0 Å². The molecule has 1 aliphatic rings. The van der Waals surface area contributed by atoms with Gasteiger partial charge in [0.25, 0.3) is 11.8 Å². The summed E-state index contributed by atoms with van der Waals surface area (Å²) in [5.74, 6) is -2.20. The van der Waals surface area contributed by atoms with E-state index in [1.54, 1.807) is 18.2 Å². The van der Waals surface area contributed by atoms with Crippen LogP contribution >= 0.6 is 11.6 Å². The number of rotatable bonds is 5. The molecule has 2 aromatic carbocycles. The maximum Gasteiger partial charge on any atom is 0.268 e. The van der Waals surface area contributed by atoms with Gasteiger partial charge in [0.05, 0.1) is 0 Å². The van der Waals surface area contributed by atoms with Crippen LogP contribution in [0.5, 0.6) is 0 Å². The average Bonchev–Trinajstić information content (AvgIpc) is 2.96. The number of hydrogen-bond donors (Lipinski definition) is 4. The van der Waals surface area contributed by atoms with Crippen molar-refractivity contribution in [1.82, 2.24) is 5.32 Å². The van der Waals surface area contributed by atoms with Crippen LogP contribution in [0.25, 0.3) is 0 Å². The summed E-state index contributed by atoms with van der Waals surface area (Å²) in [6.07, 6.45) is 0.953. The highest BCUT2D eigenvalue weighted by Crippen LogP contribution is 2.30. The van der Waals surface area contributed by atoms with Crippen LogP contribution in [0, 0.1) is 11.2 Å². The van der Waals surface area contributed by atoms with E-state index in [2.05, 4.69) is 5.32 Å². The molecule has 7 nitrogen and oxygen atoms in total. The molecular formula is C19H18ClFN4O3. The zero-order valence-electron chi connectivity index (χ0n) is 14.7. The molecule has 2 amide bonds. The number of benzene rings is 2. The number of carbonyl (C=O) groups excluding carboxylic acids is 2. The molecule has 0 aliphatic carbocycles. The first-order valence-corrected chi connectivity index (χ1v) is 8.80. The Labute approximate surface area is 165 Å². The van der Waals surface area contributed by atoms with E-state index in [4.69, 9.17) is 22.7 Å². The number of aliphatic hydroxyl groups is 1. The van der Waals surface area contributed by atoms with Gasteiger partial charge in [-0.3, -0.25) is 9.59 Å². The quantitative estimate of drug-likeness (QED) is 0.345. The van der Waals surface area contributed by atoms with Crippen LogP contribution < -0.4 is 16.0 Å². The molecule has 5 N–H and O–H groups in total. The zero-order valence-corrected chi connectivity index (χ0v) is 15.5. The predicted molar refractivity (Wildman–Crippen MR) is 104 cm³/mol. The third-order valence-electron chi connectivity index (χ3n) is 4.58. The molecular weight excluding hydrogens is 387 g/mol. The summed E-state index contributed by atoms with van der Waals surface area (Å²) >= 11 is 5.78. The fourth-order valence-corrected chi connectivity index (χ4v) is 3.30. The summed E-state index contributed by atoms with van der Waals surface area (Å²) in [5, 5.41) is 20.6. The third kappa shape index (κ3) is 3.69. The van der Waals surface area contributed by atoms with E-state index in [-0.39, 0.29) is 24.5 Å².